The zero-order valence-electron chi connectivity index (χ0n) is 9.46. The normalized spacial score (nSPS) is 10.7. The summed E-state index contributed by atoms with van der Waals surface area (Å²) in [6.45, 7) is 0. The van der Waals surface area contributed by atoms with Crippen molar-refractivity contribution in [2.75, 3.05) is 5.73 Å². The van der Waals surface area contributed by atoms with E-state index in [4.69, 9.17) is 10.2 Å². The minimum Gasteiger partial charge on any atom is -0.453 e. The predicted octanol–water partition coefficient (Wildman–Crippen LogP) is 2.64. The molecule has 0 saturated heterocycles. The van der Waals surface area contributed by atoms with Crippen molar-refractivity contribution in [3.8, 4) is 0 Å². The van der Waals surface area contributed by atoms with Crippen molar-refractivity contribution in [3.05, 3.63) is 60.1 Å². The van der Waals surface area contributed by atoms with Crippen LogP contribution in [0.4, 0.5) is 5.69 Å². The maximum absolute atomic E-state index is 12.1. The smallest absolute Gasteiger partial charge is 0.246 e. The van der Waals surface area contributed by atoms with Crippen molar-refractivity contribution >= 4 is 22.4 Å². The number of nitrogens with zero attached hydrogens (tertiary/aromatic N) is 1. The van der Waals surface area contributed by atoms with E-state index < -0.39 is 0 Å². The largest absolute Gasteiger partial charge is 0.453 e. The number of pyridine rings is 1. The van der Waals surface area contributed by atoms with Crippen LogP contribution < -0.4 is 5.73 Å². The molecule has 2 N–H and O–H groups in total. The van der Waals surface area contributed by atoms with Gasteiger partial charge in [-0.25, -0.2) is 0 Å². The summed E-state index contributed by atoms with van der Waals surface area (Å²) < 4.78 is 5.49. The van der Waals surface area contributed by atoms with E-state index in [-0.39, 0.29) is 11.5 Å². The number of nitrogen functional groups attached to an aromatic ring is 1. The monoisotopic (exact) mass is 238 g/mol. The van der Waals surface area contributed by atoms with Crippen LogP contribution in [0.25, 0.3) is 11.0 Å². The zero-order valence-corrected chi connectivity index (χ0v) is 9.46. The Morgan fingerprint density at radius 3 is 2.72 bits per heavy atom. The lowest BCUT2D eigenvalue weighted by Crippen LogP contribution is -2.02. The van der Waals surface area contributed by atoms with Crippen molar-refractivity contribution in [2.24, 2.45) is 0 Å². The van der Waals surface area contributed by atoms with Gasteiger partial charge in [-0.1, -0.05) is 18.2 Å². The topological polar surface area (TPSA) is 69.1 Å². The van der Waals surface area contributed by atoms with Gasteiger partial charge in [0.25, 0.3) is 0 Å². The van der Waals surface area contributed by atoms with Gasteiger partial charge in [0.05, 0.1) is 11.9 Å². The molecule has 0 aliphatic rings. The first-order chi connectivity index (χ1) is 8.74. The summed E-state index contributed by atoms with van der Waals surface area (Å²) in [7, 11) is 0. The van der Waals surface area contributed by atoms with E-state index in [0.717, 1.165) is 5.39 Å². The third kappa shape index (κ3) is 1.73. The van der Waals surface area contributed by atoms with Gasteiger partial charge in [-0.3, -0.25) is 9.78 Å². The number of hydrogen-bond donors (Lipinski definition) is 1. The lowest BCUT2D eigenvalue weighted by Gasteiger charge is -1.96. The number of rotatable bonds is 2. The minimum absolute atomic E-state index is 0.244. The number of hydrogen-bond acceptors (Lipinski definition) is 4. The fourth-order valence-corrected chi connectivity index (χ4v) is 1.76. The Morgan fingerprint density at radius 1 is 1.17 bits per heavy atom. The van der Waals surface area contributed by atoms with Gasteiger partial charge in [0.15, 0.2) is 5.76 Å². The molecule has 0 spiro atoms. The van der Waals surface area contributed by atoms with Gasteiger partial charge < -0.3 is 10.2 Å². The van der Waals surface area contributed by atoms with Crippen LogP contribution in [0.3, 0.4) is 0 Å². The molecule has 4 nitrogen and oxygen atoms in total. The molecule has 2 aromatic heterocycles. The van der Waals surface area contributed by atoms with Crippen molar-refractivity contribution in [3.63, 3.8) is 0 Å². The number of aromatic nitrogens is 1. The summed E-state index contributed by atoms with van der Waals surface area (Å²) in [5, 5.41) is 0.899. The first-order valence-corrected chi connectivity index (χ1v) is 5.49. The van der Waals surface area contributed by atoms with Crippen LogP contribution in [-0.4, -0.2) is 10.8 Å². The Hall–Kier alpha value is -2.62. The van der Waals surface area contributed by atoms with Gasteiger partial charge in [0.2, 0.25) is 5.78 Å². The number of carbonyl (C=O) groups is 1. The fourth-order valence-electron chi connectivity index (χ4n) is 1.76. The van der Waals surface area contributed by atoms with Gasteiger partial charge >= 0.3 is 0 Å². The number of anilines is 1. The van der Waals surface area contributed by atoms with Crippen LogP contribution in [0.15, 0.2) is 53.1 Å². The molecule has 88 valence electrons. The first-order valence-electron chi connectivity index (χ1n) is 5.49. The van der Waals surface area contributed by atoms with Gasteiger partial charge in [-0.15, -0.1) is 0 Å². The van der Waals surface area contributed by atoms with Crippen molar-refractivity contribution in [1.82, 2.24) is 4.98 Å². The molecule has 0 unspecified atom stereocenters. The third-order valence-electron chi connectivity index (χ3n) is 2.67. The number of nitrogens with two attached hydrogens (primary N) is 1. The van der Waals surface area contributed by atoms with E-state index in [9.17, 15) is 4.79 Å². The Labute approximate surface area is 103 Å². The summed E-state index contributed by atoms with van der Waals surface area (Å²) in [5.74, 6) is 0.0414. The molecular formula is C14H10N2O2. The van der Waals surface area contributed by atoms with Crippen molar-refractivity contribution < 1.29 is 9.21 Å². The molecule has 0 saturated carbocycles. The second-order valence-corrected chi connectivity index (χ2v) is 3.95. The van der Waals surface area contributed by atoms with Crippen LogP contribution in [0.1, 0.15) is 16.2 Å². The van der Waals surface area contributed by atoms with Gasteiger partial charge in [-0.05, 0) is 24.3 Å². The molecule has 18 heavy (non-hydrogen) atoms. The molecular weight excluding hydrogens is 228 g/mol. The Kier molecular flexibility index (Phi) is 2.34. The highest BCUT2D eigenvalue weighted by Crippen LogP contribution is 2.20. The molecule has 0 bridgehead atoms. The predicted molar refractivity (Wildman–Crippen MR) is 68.3 cm³/mol. The zero-order chi connectivity index (χ0) is 12.5. The molecule has 0 fully saturated rings. The first kappa shape index (κ1) is 10.5. The van der Waals surface area contributed by atoms with E-state index >= 15 is 0 Å². The molecule has 3 rings (SSSR count). The minimum atomic E-state index is -0.244. The number of benzene rings is 1. The summed E-state index contributed by atoms with van der Waals surface area (Å²) in [5.41, 5.74) is 7.07. The fraction of sp³-hybridized carbons (Fsp3) is 0. The highest BCUT2D eigenvalue weighted by atomic mass is 16.3. The molecule has 4 heteroatoms. The van der Waals surface area contributed by atoms with Gasteiger partial charge in [0.1, 0.15) is 11.3 Å². The lowest BCUT2D eigenvalue weighted by atomic mass is 10.2. The molecule has 0 amide bonds. The molecule has 2 heterocycles. The second-order valence-electron chi connectivity index (χ2n) is 3.95. The number of furan rings is 1. The summed E-state index contributed by atoms with van der Waals surface area (Å²) >= 11 is 0. The summed E-state index contributed by atoms with van der Waals surface area (Å²) in [4.78, 5) is 16.1. The van der Waals surface area contributed by atoms with E-state index in [1.807, 2.05) is 24.3 Å². The Morgan fingerprint density at radius 2 is 2.00 bits per heavy atom. The summed E-state index contributed by atoms with van der Waals surface area (Å²) in [6.07, 6.45) is 1.45. The van der Waals surface area contributed by atoms with E-state index in [1.54, 1.807) is 18.2 Å². The van der Waals surface area contributed by atoms with E-state index in [2.05, 4.69) is 4.98 Å². The molecule has 0 aliphatic carbocycles. The number of para-hydroxylation sites is 1. The third-order valence-corrected chi connectivity index (χ3v) is 2.67. The van der Waals surface area contributed by atoms with Gasteiger partial charge in [-0.2, -0.15) is 0 Å². The van der Waals surface area contributed by atoms with Gasteiger partial charge in [0, 0.05) is 5.39 Å². The number of fused-ring (bicyclic) bond motifs is 1. The van der Waals surface area contributed by atoms with Crippen molar-refractivity contribution in [2.45, 2.75) is 0 Å². The second kappa shape index (κ2) is 4.00. The molecule has 1 aromatic carbocycles. The van der Waals surface area contributed by atoms with Crippen LogP contribution in [0.5, 0.6) is 0 Å². The average molecular weight is 238 g/mol. The van der Waals surface area contributed by atoms with Crippen LogP contribution in [0.2, 0.25) is 0 Å². The number of carbonyl (C=O) groups excluding carboxylic acids is 1. The van der Waals surface area contributed by atoms with Crippen molar-refractivity contribution in [1.29, 1.82) is 0 Å². The maximum atomic E-state index is 12.1. The lowest BCUT2D eigenvalue weighted by molar-refractivity contribution is 0.101. The highest BCUT2D eigenvalue weighted by molar-refractivity contribution is 6.07. The number of ketones is 1. The Bertz CT molecular complexity index is 681. The standard InChI is InChI=1S/C14H10N2O2/c15-10-5-6-11(16-8-10)14(17)13-7-9-3-1-2-4-12(9)18-13/h1-8H,15H2. The average Bonchev–Trinajstić information content (AvgIpc) is 2.82. The molecule has 0 radical (unpaired) electrons. The van der Waals surface area contributed by atoms with Crippen LogP contribution in [0, 0.1) is 0 Å². The molecule has 3 aromatic rings. The Balaban J connectivity index is 2.03. The maximum Gasteiger partial charge on any atom is 0.246 e. The highest BCUT2D eigenvalue weighted by Gasteiger charge is 2.15. The molecule has 0 aliphatic heterocycles. The quantitative estimate of drug-likeness (QED) is 0.697. The van der Waals surface area contributed by atoms with E-state index in [1.165, 1.54) is 6.20 Å². The van der Waals surface area contributed by atoms with Crippen LogP contribution >= 0.6 is 0 Å². The van der Waals surface area contributed by atoms with E-state index in [0.29, 0.717) is 17.0 Å². The SMILES string of the molecule is Nc1ccc(C(=O)c2cc3ccccc3o2)nc1. The van der Waals surface area contributed by atoms with Crippen LogP contribution in [-0.2, 0) is 0 Å². The summed E-state index contributed by atoms with van der Waals surface area (Å²) in [6, 6.07) is 12.4. The molecule has 0 atom stereocenters.